The molecule has 0 radical (unpaired) electrons. The highest BCUT2D eigenvalue weighted by atomic mass is 31.2. The Balaban J connectivity index is 2.81. The second-order valence-corrected chi connectivity index (χ2v) is 12.9. The Labute approximate surface area is 217 Å². The molecule has 0 aromatic heterocycles. The molecule has 2 rings (SSSR count). The summed E-state index contributed by atoms with van der Waals surface area (Å²) in [7, 11) is -32.3. The minimum Gasteiger partial charge on any atom is -0.790 e. The van der Waals surface area contributed by atoms with E-state index in [0.29, 0.717) is 0 Å². The molecule has 0 N–H and O–H groups in total. The molecule has 21 nitrogen and oxygen atoms in total. The van der Waals surface area contributed by atoms with E-state index in [-0.39, 0.29) is 5.56 Å². The summed E-state index contributed by atoms with van der Waals surface area (Å²) < 4.78 is 82.0. The van der Waals surface area contributed by atoms with E-state index in [2.05, 4.69) is 22.6 Å². The van der Waals surface area contributed by atoms with E-state index in [0.717, 1.165) is 0 Å². The molecule has 1 aromatic carbocycles. The highest BCUT2D eigenvalue weighted by Gasteiger charge is 2.56. The van der Waals surface area contributed by atoms with Crippen molar-refractivity contribution in [1.29, 1.82) is 0 Å². The number of rotatable bonds is 13. The van der Waals surface area contributed by atoms with Gasteiger partial charge in [0, 0.05) is 0 Å². The fourth-order valence-electron chi connectivity index (χ4n) is 3.42. The van der Waals surface area contributed by atoms with Crippen molar-refractivity contribution in [2.75, 3.05) is 0 Å². The van der Waals surface area contributed by atoms with E-state index in [1.165, 1.54) is 30.3 Å². The molecule has 1 saturated carbocycles. The van der Waals surface area contributed by atoms with Gasteiger partial charge in [0.05, 0.1) is 45.7 Å². The predicted octanol–water partition coefficient (Wildman–Crippen LogP) is -7.35. The van der Waals surface area contributed by atoms with Crippen LogP contribution in [0.1, 0.15) is 5.56 Å². The van der Waals surface area contributed by atoms with Crippen molar-refractivity contribution in [2.45, 2.75) is 43.2 Å². The maximum absolute atomic E-state index is 11.4. The number of hydrogen-bond acceptors (Lipinski definition) is 21. The summed E-state index contributed by atoms with van der Waals surface area (Å²) in [5, 5.41) is 0. The number of ether oxygens (including phenoxy) is 1. The fraction of sp³-hybridized carbons (Fsp3) is 0.538. The van der Waals surface area contributed by atoms with Gasteiger partial charge in [0.1, 0.15) is 36.6 Å². The zero-order valence-corrected chi connectivity index (χ0v) is 22.8. The number of phosphoric ester groups is 5. The van der Waals surface area contributed by atoms with Gasteiger partial charge in [-0.15, -0.1) is 0 Å². The number of hydrogen-bond donors (Lipinski definition) is 0. The molecular formula is C13H13O21P5-10. The molecule has 0 amide bonds. The van der Waals surface area contributed by atoms with Crippen LogP contribution in [0.15, 0.2) is 30.3 Å². The summed E-state index contributed by atoms with van der Waals surface area (Å²) in [5.41, 5.74) is 0.128. The monoisotopic (exact) mass is 660 g/mol. The van der Waals surface area contributed by atoms with Crippen LogP contribution in [0.5, 0.6) is 0 Å². The van der Waals surface area contributed by atoms with Crippen molar-refractivity contribution >= 4 is 39.1 Å². The summed E-state index contributed by atoms with van der Waals surface area (Å²) in [6.45, 7) is -0.805. The standard InChI is InChI=1S/C13H23O21P5/c14-35(15,16)30-9-8(29-6-7-4-2-1-3-5-7)10(31-36(17,18)19)12(33-38(23,24)25)13(34-39(26,27)28)11(9)32-37(20,21)22/h1-5,8-13H,6H2,(H2,14,15,16)(H2,17,18,19)(H2,20,21,22)(H2,23,24,25)(H2,26,27,28)/p-10/t8?,9-,10+,11+,12-,13?. The van der Waals surface area contributed by atoms with Gasteiger partial charge in [-0.1, -0.05) is 30.3 Å². The Kier molecular flexibility index (Phi) is 11.6. The lowest BCUT2D eigenvalue weighted by molar-refractivity contribution is -0.386. The summed E-state index contributed by atoms with van der Waals surface area (Å²) >= 11 is 0. The second kappa shape index (κ2) is 12.9. The predicted molar refractivity (Wildman–Crippen MR) is 97.4 cm³/mol. The molecule has 1 aliphatic rings. The molecule has 0 aliphatic heterocycles. The molecular weight excluding hydrogens is 647 g/mol. The first kappa shape index (κ1) is 34.9. The molecule has 39 heavy (non-hydrogen) atoms. The van der Waals surface area contributed by atoms with Crippen LogP contribution in [-0.2, 0) is 56.8 Å². The molecule has 1 aromatic rings. The maximum atomic E-state index is 11.4. The second-order valence-electron chi connectivity index (χ2n) is 7.35. The van der Waals surface area contributed by atoms with E-state index in [9.17, 15) is 71.8 Å². The maximum Gasteiger partial charge on any atom is 0.121 e. The molecule has 0 heterocycles. The molecule has 0 spiro atoms. The van der Waals surface area contributed by atoms with Crippen LogP contribution in [0.25, 0.3) is 0 Å². The Morgan fingerprint density at radius 1 is 0.462 bits per heavy atom. The molecule has 0 saturated heterocycles. The number of phosphoric acid groups is 5. The quantitative estimate of drug-likeness (QED) is 0.177. The lowest BCUT2D eigenvalue weighted by Crippen LogP contribution is -2.68. The van der Waals surface area contributed by atoms with E-state index in [1.54, 1.807) is 0 Å². The highest BCUT2D eigenvalue weighted by molar-refractivity contribution is 7.44. The van der Waals surface area contributed by atoms with Crippen LogP contribution < -0.4 is 48.9 Å². The van der Waals surface area contributed by atoms with Gasteiger partial charge in [0.2, 0.25) is 0 Å². The lowest BCUT2D eigenvalue weighted by atomic mass is 9.85. The van der Waals surface area contributed by atoms with Crippen molar-refractivity contribution in [2.24, 2.45) is 0 Å². The average molecular weight is 660 g/mol. The van der Waals surface area contributed by atoms with Crippen molar-refractivity contribution < 1.29 is 99.1 Å². The van der Waals surface area contributed by atoms with Gasteiger partial charge >= 0.3 is 0 Å². The molecule has 2 unspecified atom stereocenters. The summed E-state index contributed by atoms with van der Waals surface area (Å²) in [6, 6.07) is 6.88. The van der Waals surface area contributed by atoms with Crippen LogP contribution in [0, 0.1) is 0 Å². The van der Waals surface area contributed by atoms with Gasteiger partial charge in [0.15, 0.2) is 0 Å². The van der Waals surface area contributed by atoms with Crippen LogP contribution in [-0.4, -0.2) is 36.6 Å². The molecule has 26 heteroatoms. The fourth-order valence-corrected chi connectivity index (χ4v) is 6.11. The van der Waals surface area contributed by atoms with E-state index in [4.69, 9.17) is 4.74 Å². The molecule has 1 aliphatic carbocycles. The smallest absolute Gasteiger partial charge is 0.121 e. The van der Waals surface area contributed by atoms with Crippen LogP contribution in [0.4, 0.5) is 0 Å². The van der Waals surface area contributed by atoms with Crippen LogP contribution in [0.3, 0.4) is 0 Å². The lowest BCUT2D eigenvalue weighted by Gasteiger charge is -2.56. The zero-order chi connectivity index (χ0) is 30.0. The van der Waals surface area contributed by atoms with Gasteiger partial charge in [-0.05, 0) is 5.56 Å². The van der Waals surface area contributed by atoms with Crippen molar-refractivity contribution in [3.05, 3.63) is 35.9 Å². The van der Waals surface area contributed by atoms with Gasteiger partial charge in [-0.25, -0.2) is 0 Å². The summed E-state index contributed by atoms with van der Waals surface area (Å²) in [6.07, 6.45) is -18.5. The third-order valence-electron chi connectivity index (χ3n) is 4.48. The van der Waals surface area contributed by atoms with Gasteiger partial charge in [0.25, 0.3) is 0 Å². The van der Waals surface area contributed by atoms with Crippen LogP contribution >= 0.6 is 39.1 Å². The molecule has 1 fully saturated rings. The van der Waals surface area contributed by atoms with Crippen molar-refractivity contribution in [1.82, 2.24) is 0 Å². The van der Waals surface area contributed by atoms with Crippen molar-refractivity contribution in [3.8, 4) is 0 Å². The SMILES string of the molecule is O=P([O-])([O-])OC1[C@@H](OP(=O)([O-])[O-])[C@H](OP(=O)([O-])[O-])C(OCc2ccccc2)[C@H](OP(=O)([O-])[O-])[C@H]1OP(=O)([O-])[O-]. The van der Waals surface area contributed by atoms with Gasteiger partial charge in [-0.2, -0.15) is 0 Å². The zero-order valence-electron chi connectivity index (χ0n) is 18.4. The third-order valence-corrected chi connectivity index (χ3v) is 6.99. The molecule has 226 valence electrons. The Morgan fingerprint density at radius 2 is 0.718 bits per heavy atom. The van der Waals surface area contributed by atoms with E-state index in [1.807, 2.05) is 0 Å². The minimum atomic E-state index is -6.53. The van der Waals surface area contributed by atoms with Crippen molar-refractivity contribution in [3.63, 3.8) is 0 Å². The Hall–Kier alpha value is -0.270. The first-order chi connectivity index (χ1) is 17.4. The minimum absolute atomic E-state index is 0.128. The molecule has 0 bridgehead atoms. The van der Waals surface area contributed by atoms with E-state index < -0.39 is 82.3 Å². The Bertz CT molecular complexity index is 1130. The third kappa shape index (κ3) is 12.6. The van der Waals surface area contributed by atoms with E-state index >= 15 is 0 Å². The topological polar surface area (TPSA) is 371 Å². The van der Waals surface area contributed by atoms with Gasteiger partial charge < -0.3 is 99.1 Å². The number of benzene rings is 1. The first-order valence-corrected chi connectivity index (χ1v) is 16.9. The van der Waals surface area contributed by atoms with Gasteiger partial charge in [-0.3, -0.25) is 0 Å². The summed E-state index contributed by atoms with van der Waals surface area (Å²) in [4.78, 5) is 114. The average Bonchev–Trinajstić information content (AvgIpc) is 2.69. The first-order valence-electron chi connectivity index (χ1n) is 9.62. The Morgan fingerprint density at radius 3 is 0.974 bits per heavy atom. The highest BCUT2D eigenvalue weighted by Crippen LogP contribution is 2.50. The van der Waals surface area contributed by atoms with Crippen LogP contribution in [0.2, 0.25) is 0 Å². The normalized spacial score (nSPS) is 27.4. The largest absolute Gasteiger partial charge is 0.790 e. The summed E-state index contributed by atoms with van der Waals surface area (Å²) in [5.74, 6) is 0. The molecule has 6 atom stereocenters.